The molecule has 116 valence electrons. The van der Waals surface area contributed by atoms with E-state index in [1.165, 1.54) is 11.3 Å². The number of para-hydroxylation sites is 1. The van der Waals surface area contributed by atoms with Crippen LogP contribution in [0.5, 0.6) is 5.75 Å². The van der Waals surface area contributed by atoms with Crippen molar-refractivity contribution in [2.45, 2.75) is 0 Å². The standard InChI is InChI=1S/C17H13ClN2O2S/c18-17-13-8-4-5-9-14(13)23-15(17)10-19-20-16(21)11-22-12-6-2-1-3-7-12/h1-10H,11H2,(H,20,21)/b19-10-. The van der Waals surface area contributed by atoms with Gasteiger partial charge < -0.3 is 4.74 Å². The number of halogens is 1. The first kappa shape index (κ1) is 15.5. The van der Waals surface area contributed by atoms with E-state index in [1.807, 2.05) is 42.5 Å². The average molecular weight is 345 g/mol. The van der Waals surface area contributed by atoms with Gasteiger partial charge in [-0.2, -0.15) is 5.10 Å². The molecular weight excluding hydrogens is 332 g/mol. The monoisotopic (exact) mass is 344 g/mol. The number of hydrogen-bond acceptors (Lipinski definition) is 4. The highest BCUT2D eigenvalue weighted by molar-refractivity contribution is 7.21. The van der Waals surface area contributed by atoms with Crippen molar-refractivity contribution < 1.29 is 9.53 Å². The summed E-state index contributed by atoms with van der Waals surface area (Å²) >= 11 is 7.82. The third kappa shape index (κ3) is 3.88. The van der Waals surface area contributed by atoms with Crippen LogP contribution < -0.4 is 10.2 Å². The Labute approximate surface area is 142 Å². The summed E-state index contributed by atoms with van der Waals surface area (Å²) in [5, 5.41) is 5.56. The van der Waals surface area contributed by atoms with Gasteiger partial charge in [0, 0.05) is 10.1 Å². The van der Waals surface area contributed by atoms with Gasteiger partial charge in [-0.3, -0.25) is 4.79 Å². The van der Waals surface area contributed by atoms with Gasteiger partial charge in [0.05, 0.1) is 16.1 Å². The van der Waals surface area contributed by atoms with Crippen LogP contribution in [0.1, 0.15) is 4.88 Å². The Hall–Kier alpha value is -2.37. The highest BCUT2D eigenvalue weighted by Crippen LogP contribution is 2.33. The van der Waals surface area contributed by atoms with Crippen molar-refractivity contribution in [2.75, 3.05) is 6.61 Å². The number of nitrogens with one attached hydrogen (secondary N) is 1. The molecule has 1 amide bonds. The second-order valence-electron chi connectivity index (χ2n) is 4.67. The van der Waals surface area contributed by atoms with Crippen LogP contribution in [0.15, 0.2) is 59.7 Å². The molecule has 1 heterocycles. The number of amides is 1. The fourth-order valence-corrected chi connectivity index (χ4v) is 3.33. The van der Waals surface area contributed by atoms with Crippen molar-refractivity contribution in [3.63, 3.8) is 0 Å². The molecular formula is C17H13ClN2O2S. The number of rotatable bonds is 5. The maximum absolute atomic E-state index is 11.7. The molecule has 0 saturated heterocycles. The van der Waals surface area contributed by atoms with E-state index in [9.17, 15) is 4.79 Å². The zero-order valence-electron chi connectivity index (χ0n) is 12.0. The van der Waals surface area contributed by atoms with Crippen molar-refractivity contribution in [2.24, 2.45) is 5.10 Å². The number of carbonyl (C=O) groups excluding carboxylic acids is 1. The molecule has 0 aliphatic carbocycles. The Balaban J connectivity index is 1.57. The molecule has 6 heteroatoms. The Kier molecular flexibility index (Phi) is 4.90. The fourth-order valence-electron chi connectivity index (χ4n) is 1.98. The van der Waals surface area contributed by atoms with E-state index in [2.05, 4.69) is 10.5 Å². The van der Waals surface area contributed by atoms with Gasteiger partial charge in [0.25, 0.3) is 5.91 Å². The Morgan fingerprint density at radius 2 is 1.91 bits per heavy atom. The van der Waals surface area contributed by atoms with Crippen molar-refractivity contribution in [1.29, 1.82) is 0 Å². The predicted molar refractivity (Wildman–Crippen MR) is 94.5 cm³/mol. The molecule has 0 aliphatic heterocycles. The van der Waals surface area contributed by atoms with E-state index in [1.54, 1.807) is 18.3 Å². The minimum Gasteiger partial charge on any atom is -0.484 e. The minimum atomic E-state index is -0.331. The number of ether oxygens (including phenoxy) is 1. The first-order valence-electron chi connectivity index (χ1n) is 6.91. The fraction of sp³-hybridized carbons (Fsp3) is 0.0588. The molecule has 0 aliphatic rings. The molecule has 0 saturated carbocycles. The quantitative estimate of drug-likeness (QED) is 0.560. The molecule has 0 spiro atoms. The van der Waals surface area contributed by atoms with Gasteiger partial charge >= 0.3 is 0 Å². The van der Waals surface area contributed by atoms with Gasteiger partial charge in [-0.15, -0.1) is 11.3 Å². The van der Waals surface area contributed by atoms with E-state index in [0.717, 1.165) is 15.0 Å². The van der Waals surface area contributed by atoms with Crippen LogP contribution in [0.2, 0.25) is 5.02 Å². The summed E-state index contributed by atoms with van der Waals surface area (Å²) in [6, 6.07) is 17.0. The van der Waals surface area contributed by atoms with Gasteiger partial charge in [-0.25, -0.2) is 5.43 Å². The molecule has 2 aromatic carbocycles. The first-order valence-corrected chi connectivity index (χ1v) is 8.10. The largest absolute Gasteiger partial charge is 0.484 e. The summed E-state index contributed by atoms with van der Waals surface area (Å²) in [6.45, 7) is -0.0957. The molecule has 4 nitrogen and oxygen atoms in total. The lowest BCUT2D eigenvalue weighted by molar-refractivity contribution is -0.123. The van der Waals surface area contributed by atoms with Crippen LogP contribution in [0.3, 0.4) is 0 Å². The van der Waals surface area contributed by atoms with Gasteiger partial charge in [-0.1, -0.05) is 48.0 Å². The van der Waals surface area contributed by atoms with Crippen LogP contribution >= 0.6 is 22.9 Å². The summed E-state index contributed by atoms with van der Waals surface area (Å²) in [6.07, 6.45) is 1.55. The van der Waals surface area contributed by atoms with E-state index in [4.69, 9.17) is 16.3 Å². The molecule has 1 aromatic heterocycles. The maximum atomic E-state index is 11.7. The molecule has 0 radical (unpaired) electrons. The third-order valence-electron chi connectivity index (χ3n) is 3.04. The lowest BCUT2D eigenvalue weighted by Crippen LogP contribution is -2.24. The van der Waals surface area contributed by atoms with Crippen LogP contribution in [-0.2, 0) is 4.79 Å². The predicted octanol–water partition coefficient (Wildman–Crippen LogP) is 4.08. The molecule has 0 bridgehead atoms. The molecule has 3 aromatic rings. The normalized spacial score (nSPS) is 11.0. The molecule has 3 rings (SSSR count). The first-order chi connectivity index (χ1) is 11.2. The molecule has 0 fully saturated rings. The molecule has 23 heavy (non-hydrogen) atoms. The number of carbonyl (C=O) groups is 1. The van der Waals surface area contributed by atoms with Crippen LogP contribution in [-0.4, -0.2) is 18.7 Å². The second-order valence-corrected chi connectivity index (χ2v) is 6.13. The molecule has 0 unspecified atom stereocenters. The lowest BCUT2D eigenvalue weighted by atomic mass is 10.2. The highest BCUT2D eigenvalue weighted by Gasteiger charge is 2.08. The lowest BCUT2D eigenvalue weighted by Gasteiger charge is -2.03. The summed E-state index contributed by atoms with van der Waals surface area (Å²) in [5.41, 5.74) is 2.43. The Bertz CT molecular complexity index is 846. The Morgan fingerprint density at radius 3 is 2.70 bits per heavy atom. The SMILES string of the molecule is O=C(COc1ccccc1)N/N=C\c1sc2ccccc2c1Cl. The van der Waals surface area contributed by atoms with Crippen LogP contribution in [0.4, 0.5) is 0 Å². The topological polar surface area (TPSA) is 50.7 Å². The second kappa shape index (κ2) is 7.26. The smallest absolute Gasteiger partial charge is 0.277 e. The van der Waals surface area contributed by atoms with Gasteiger partial charge in [0.1, 0.15) is 5.75 Å². The number of hydrogen-bond donors (Lipinski definition) is 1. The summed E-state index contributed by atoms with van der Waals surface area (Å²) in [7, 11) is 0. The van der Waals surface area contributed by atoms with Gasteiger partial charge in [-0.05, 0) is 18.2 Å². The highest BCUT2D eigenvalue weighted by atomic mass is 35.5. The number of nitrogens with zero attached hydrogens (tertiary/aromatic N) is 1. The zero-order chi connectivity index (χ0) is 16.1. The van der Waals surface area contributed by atoms with Crippen molar-refractivity contribution in [3.8, 4) is 5.75 Å². The van der Waals surface area contributed by atoms with E-state index < -0.39 is 0 Å². The van der Waals surface area contributed by atoms with Crippen molar-refractivity contribution in [1.82, 2.24) is 5.43 Å². The number of thiophene rings is 1. The van der Waals surface area contributed by atoms with Crippen molar-refractivity contribution >= 4 is 45.1 Å². The zero-order valence-corrected chi connectivity index (χ0v) is 13.6. The van der Waals surface area contributed by atoms with Gasteiger partial charge in [0.2, 0.25) is 0 Å². The maximum Gasteiger partial charge on any atom is 0.277 e. The van der Waals surface area contributed by atoms with E-state index in [0.29, 0.717) is 10.8 Å². The summed E-state index contributed by atoms with van der Waals surface area (Å²) in [4.78, 5) is 12.5. The minimum absolute atomic E-state index is 0.0957. The third-order valence-corrected chi connectivity index (χ3v) is 4.67. The van der Waals surface area contributed by atoms with E-state index >= 15 is 0 Å². The van der Waals surface area contributed by atoms with Crippen LogP contribution in [0.25, 0.3) is 10.1 Å². The van der Waals surface area contributed by atoms with Gasteiger partial charge in [0.15, 0.2) is 6.61 Å². The van der Waals surface area contributed by atoms with Crippen LogP contribution in [0, 0.1) is 0 Å². The summed E-state index contributed by atoms with van der Waals surface area (Å²) < 4.78 is 6.41. The number of benzene rings is 2. The van der Waals surface area contributed by atoms with Crippen molar-refractivity contribution in [3.05, 3.63) is 64.5 Å². The Morgan fingerprint density at radius 1 is 1.17 bits per heavy atom. The van der Waals surface area contributed by atoms with E-state index in [-0.39, 0.29) is 12.5 Å². The summed E-state index contributed by atoms with van der Waals surface area (Å²) in [5.74, 6) is 0.307. The average Bonchev–Trinajstić information content (AvgIpc) is 2.91. The molecule has 1 N–H and O–H groups in total. The number of fused-ring (bicyclic) bond motifs is 1. The number of hydrazone groups is 1. The molecule has 0 atom stereocenters.